The molecule has 8 heteroatoms. The Morgan fingerprint density at radius 1 is 1.20 bits per heavy atom. The zero-order chi connectivity index (χ0) is 15.2. The Morgan fingerprint density at radius 3 is 2.25 bits per heavy atom. The molecule has 1 fully saturated rings. The monoisotopic (exact) mass is 306 g/mol. The summed E-state index contributed by atoms with van der Waals surface area (Å²) in [5, 5.41) is -0.0681. The minimum absolute atomic E-state index is 0.0681. The van der Waals surface area contributed by atoms with Crippen LogP contribution in [0.5, 0.6) is 0 Å². The van der Waals surface area contributed by atoms with Gasteiger partial charge in [0.15, 0.2) is 0 Å². The second kappa shape index (κ2) is 7.57. The molecule has 0 aromatic rings. The van der Waals surface area contributed by atoms with Gasteiger partial charge in [0.05, 0.1) is 38.8 Å². The summed E-state index contributed by atoms with van der Waals surface area (Å²) in [6.45, 7) is 7.52. The predicted molar refractivity (Wildman–Crippen MR) is 70.0 cm³/mol. The molecule has 7 nitrogen and oxygen atoms in total. The van der Waals surface area contributed by atoms with E-state index in [1.807, 2.05) is 0 Å². The lowest BCUT2D eigenvalue weighted by Crippen LogP contribution is -2.24. The Morgan fingerprint density at radius 2 is 1.75 bits per heavy atom. The minimum Gasteiger partial charge on any atom is -0.466 e. The number of hydrogen-bond acceptors (Lipinski definition) is 7. The van der Waals surface area contributed by atoms with Crippen LogP contribution in [0.25, 0.3) is 0 Å². The third kappa shape index (κ3) is 4.16. The van der Waals surface area contributed by atoms with E-state index in [0.717, 1.165) is 0 Å². The van der Waals surface area contributed by atoms with Crippen molar-refractivity contribution < 1.29 is 32.7 Å². The molecule has 0 saturated carbocycles. The second-order valence-corrected chi connectivity index (χ2v) is 6.05. The van der Waals surface area contributed by atoms with Crippen molar-refractivity contribution in [3.05, 3.63) is 11.9 Å². The fourth-order valence-electron chi connectivity index (χ4n) is 1.68. The van der Waals surface area contributed by atoms with Crippen molar-refractivity contribution in [2.45, 2.75) is 20.3 Å². The van der Waals surface area contributed by atoms with Crippen molar-refractivity contribution in [1.29, 1.82) is 0 Å². The van der Waals surface area contributed by atoms with Gasteiger partial charge < -0.3 is 18.5 Å². The molecular formula is C12H19O7P. The molecule has 0 radical (unpaired) electrons. The maximum absolute atomic E-state index is 12.3. The average molecular weight is 306 g/mol. The summed E-state index contributed by atoms with van der Waals surface area (Å²) < 4.78 is 32.0. The molecule has 0 aromatic heterocycles. The van der Waals surface area contributed by atoms with Crippen molar-refractivity contribution >= 4 is 19.5 Å². The van der Waals surface area contributed by atoms with E-state index in [4.69, 9.17) is 18.5 Å². The van der Waals surface area contributed by atoms with Gasteiger partial charge in [-0.15, -0.1) is 0 Å². The Kier molecular flexibility index (Phi) is 6.39. The van der Waals surface area contributed by atoms with E-state index >= 15 is 0 Å². The molecule has 1 atom stereocenters. The molecule has 0 bridgehead atoms. The van der Waals surface area contributed by atoms with Crippen molar-refractivity contribution in [3.63, 3.8) is 0 Å². The number of ether oxygens (including phenoxy) is 2. The smallest absolute Gasteiger partial charge is 0.357 e. The summed E-state index contributed by atoms with van der Waals surface area (Å²) in [6.07, 6.45) is -0.303. The summed E-state index contributed by atoms with van der Waals surface area (Å²) >= 11 is 0. The Hall–Kier alpha value is -1.17. The Bertz CT molecular complexity index is 422. The van der Waals surface area contributed by atoms with Gasteiger partial charge in [-0.25, -0.2) is 0 Å². The molecule has 1 unspecified atom stereocenters. The lowest BCUT2D eigenvalue weighted by Gasteiger charge is -2.20. The SMILES string of the molecule is C=C(C(CC(=O)OCC)C(=O)OCC)P1(=O)OCCO1. The highest BCUT2D eigenvalue weighted by Gasteiger charge is 2.42. The number of carbonyl (C=O) groups is 2. The largest absolute Gasteiger partial charge is 0.466 e. The van der Waals surface area contributed by atoms with Crippen LogP contribution in [0.4, 0.5) is 0 Å². The fraction of sp³-hybridized carbons (Fsp3) is 0.667. The second-order valence-electron chi connectivity index (χ2n) is 3.97. The van der Waals surface area contributed by atoms with E-state index in [1.165, 1.54) is 0 Å². The normalized spacial score (nSPS) is 18.3. The van der Waals surface area contributed by atoms with Crippen molar-refractivity contribution in [3.8, 4) is 0 Å². The Labute approximate surface area is 117 Å². The topological polar surface area (TPSA) is 88.1 Å². The van der Waals surface area contributed by atoms with Crippen LogP contribution in [0.3, 0.4) is 0 Å². The first kappa shape index (κ1) is 16.9. The van der Waals surface area contributed by atoms with Crippen LogP contribution in [-0.4, -0.2) is 38.4 Å². The fourth-order valence-corrected chi connectivity index (χ4v) is 3.29. The molecule has 0 amide bonds. The molecule has 0 spiro atoms. The Balaban J connectivity index is 2.86. The molecule has 1 rings (SSSR count). The molecule has 0 aromatic carbocycles. The van der Waals surface area contributed by atoms with Crippen LogP contribution in [-0.2, 0) is 32.7 Å². The highest BCUT2D eigenvalue weighted by molar-refractivity contribution is 7.58. The highest BCUT2D eigenvalue weighted by Crippen LogP contribution is 2.61. The van der Waals surface area contributed by atoms with Gasteiger partial charge >= 0.3 is 19.5 Å². The van der Waals surface area contributed by atoms with Crippen LogP contribution in [0.1, 0.15) is 20.3 Å². The van der Waals surface area contributed by atoms with Crippen molar-refractivity contribution in [2.75, 3.05) is 26.4 Å². The standard InChI is InChI=1S/C12H19O7P/c1-4-16-11(13)8-10(12(14)17-5-2)9(3)20(15)18-6-7-19-20/h10H,3-8H2,1-2H3. The summed E-state index contributed by atoms with van der Waals surface area (Å²) in [7, 11) is -3.57. The summed E-state index contributed by atoms with van der Waals surface area (Å²) in [5.74, 6) is -2.39. The molecule has 1 saturated heterocycles. The quantitative estimate of drug-likeness (QED) is 0.524. The zero-order valence-corrected chi connectivity index (χ0v) is 12.5. The maximum atomic E-state index is 12.3. The minimum atomic E-state index is -3.57. The summed E-state index contributed by atoms with van der Waals surface area (Å²) in [4.78, 5) is 23.4. The van der Waals surface area contributed by atoms with Gasteiger partial charge in [-0.1, -0.05) is 6.58 Å². The van der Waals surface area contributed by atoms with E-state index in [2.05, 4.69) is 6.58 Å². The third-order valence-corrected chi connectivity index (χ3v) is 4.67. The first-order valence-corrected chi connectivity index (χ1v) is 7.89. The number of rotatable bonds is 7. The van der Waals surface area contributed by atoms with Gasteiger partial charge in [-0.05, 0) is 13.8 Å². The van der Waals surface area contributed by atoms with Crippen LogP contribution < -0.4 is 0 Å². The van der Waals surface area contributed by atoms with E-state index < -0.39 is 25.5 Å². The zero-order valence-electron chi connectivity index (χ0n) is 11.6. The molecular weight excluding hydrogens is 287 g/mol. The van der Waals surface area contributed by atoms with Gasteiger partial charge in [-0.3, -0.25) is 14.2 Å². The maximum Gasteiger partial charge on any atom is 0.357 e. The number of carbonyl (C=O) groups excluding carboxylic acids is 2. The van der Waals surface area contributed by atoms with Gasteiger partial charge in [0.25, 0.3) is 0 Å². The van der Waals surface area contributed by atoms with Crippen molar-refractivity contribution in [2.24, 2.45) is 5.92 Å². The molecule has 1 aliphatic heterocycles. The first-order valence-electron chi connectivity index (χ1n) is 6.35. The van der Waals surface area contributed by atoms with Crippen LogP contribution >= 0.6 is 7.60 Å². The highest BCUT2D eigenvalue weighted by atomic mass is 31.2. The van der Waals surface area contributed by atoms with Gasteiger partial charge in [0.1, 0.15) is 0 Å². The van der Waals surface area contributed by atoms with Gasteiger partial charge in [-0.2, -0.15) is 0 Å². The molecule has 0 N–H and O–H groups in total. The molecule has 1 aliphatic rings. The molecule has 1 heterocycles. The molecule has 20 heavy (non-hydrogen) atoms. The lowest BCUT2D eigenvalue weighted by molar-refractivity contribution is -0.153. The van der Waals surface area contributed by atoms with Gasteiger partial charge in [0, 0.05) is 5.31 Å². The van der Waals surface area contributed by atoms with Crippen molar-refractivity contribution in [1.82, 2.24) is 0 Å². The van der Waals surface area contributed by atoms with E-state index in [0.29, 0.717) is 0 Å². The number of esters is 2. The summed E-state index contributed by atoms with van der Waals surface area (Å²) in [6, 6.07) is 0. The van der Waals surface area contributed by atoms with E-state index in [1.54, 1.807) is 13.8 Å². The van der Waals surface area contributed by atoms with Gasteiger partial charge in [0.2, 0.25) is 0 Å². The van der Waals surface area contributed by atoms with Crippen LogP contribution in [0.15, 0.2) is 11.9 Å². The average Bonchev–Trinajstić information content (AvgIpc) is 2.84. The summed E-state index contributed by atoms with van der Waals surface area (Å²) in [5.41, 5.74) is 0. The molecule has 0 aliphatic carbocycles. The van der Waals surface area contributed by atoms with Crippen LogP contribution in [0.2, 0.25) is 0 Å². The van der Waals surface area contributed by atoms with E-state index in [9.17, 15) is 14.2 Å². The van der Waals surface area contributed by atoms with Crippen LogP contribution in [0, 0.1) is 5.92 Å². The lowest BCUT2D eigenvalue weighted by atomic mass is 10.1. The predicted octanol–water partition coefficient (Wildman–Crippen LogP) is 1.87. The third-order valence-electron chi connectivity index (χ3n) is 2.61. The molecule has 114 valence electrons. The first-order chi connectivity index (χ1) is 9.44. The van der Waals surface area contributed by atoms with E-state index in [-0.39, 0.29) is 38.2 Å². The number of hydrogen-bond donors (Lipinski definition) is 0.